The monoisotopic (exact) mass is 425 g/mol. The first-order chi connectivity index (χ1) is 14.5. The summed E-state index contributed by atoms with van der Waals surface area (Å²) < 4.78 is 1.56. The van der Waals surface area contributed by atoms with Crippen LogP contribution in [-0.4, -0.2) is 39.0 Å². The molecule has 2 unspecified atom stereocenters. The van der Waals surface area contributed by atoms with Gasteiger partial charge in [-0.15, -0.1) is 0 Å². The summed E-state index contributed by atoms with van der Waals surface area (Å²) in [6.07, 6.45) is 0.447. The van der Waals surface area contributed by atoms with E-state index in [0.29, 0.717) is 35.6 Å². The molecule has 2 N–H and O–H groups in total. The summed E-state index contributed by atoms with van der Waals surface area (Å²) in [5.41, 5.74) is 1.63. The molecule has 30 heavy (non-hydrogen) atoms. The third kappa shape index (κ3) is 5.29. The number of carbonyl (C=O) groups is 1. The lowest BCUT2D eigenvalue weighted by Gasteiger charge is -2.18. The molecule has 2 atom stereocenters. The second-order valence-corrected chi connectivity index (χ2v) is 8.57. The number of hydrogen-bond donors (Lipinski definition) is 2. The minimum absolute atomic E-state index is 0.0171. The van der Waals surface area contributed by atoms with Gasteiger partial charge in [0, 0.05) is 19.7 Å². The highest BCUT2D eigenvalue weighted by Gasteiger charge is 2.20. The average Bonchev–Trinajstić information content (AvgIpc) is 2.77. The largest absolute Gasteiger partial charge is 0.396 e. The minimum atomic E-state index is -0.415. The van der Waals surface area contributed by atoms with E-state index >= 15 is 0 Å². The molecule has 0 spiro atoms. The fraction of sp³-hybridized carbons (Fsp3) is 0.348. The molecule has 2 aromatic carbocycles. The van der Waals surface area contributed by atoms with Gasteiger partial charge in [0.25, 0.3) is 5.56 Å². The van der Waals surface area contributed by atoms with E-state index in [-0.39, 0.29) is 24.0 Å². The van der Waals surface area contributed by atoms with Crippen LogP contribution in [-0.2, 0) is 11.3 Å². The van der Waals surface area contributed by atoms with Gasteiger partial charge in [-0.25, -0.2) is 4.98 Å². The zero-order chi connectivity index (χ0) is 21.5. The van der Waals surface area contributed by atoms with Crippen LogP contribution >= 0.6 is 11.8 Å². The quantitative estimate of drug-likeness (QED) is 0.406. The molecule has 0 aliphatic rings. The second kappa shape index (κ2) is 10.4. The van der Waals surface area contributed by atoms with Crippen molar-refractivity contribution in [3.63, 3.8) is 0 Å². The van der Waals surface area contributed by atoms with E-state index in [2.05, 4.69) is 17.2 Å². The van der Waals surface area contributed by atoms with Crippen LogP contribution in [0.2, 0.25) is 0 Å². The van der Waals surface area contributed by atoms with Crippen LogP contribution in [0, 0.1) is 0 Å². The maximum absolute atomic E-state index is 12.9. The minimum Gasteiger partial charge on any atom is -0.396 e. The molecule has 0 saturated heterocycles. The standard InChI is InChI=1S/C23H27N3O3S/c1-16(18-9-4-3-5-10-18)15-24-21(28)17(2)30-23-25-20-12-7-6-11-19(20)22(29)26(23)13-8-14-27/h3-7,9-12,16-17,27H,8,13-15H2,1-2H3,(H,24,28). The number of thioether (sulfide) groups is 1. The molecule has 1 heterocycles. The van der Waals surface area contributed by atoms with Gasteiger partial charge < -0.3 is 10.4 Å². The van der Waals surface area contributed by atoms with E-state index < -0.39 is 5.25 Å². The van der Waals surface area contributed by atoms with E-state index in [1.165, 1.54) is 17.3 Å². The van der Waals surface area contributed by atoms with Crippen molar-refractivity contribution >= 4 is 28.6 Å². The molecule has 0 radical (unpaired) electrons. The topological polar surface area (TPSA) is 84.2 Å². The fourth-order valence-corrected chi connectivity index (χ4v) is 4.13. The number of hydrogen-bond acceptors (Lipinski definition) is 5. The predicted molar refractivity (Wildman–Crippen MR) is 121 cm³/mol. The van der Waals surface area contributed by atoms with Crippen LogP contribution in [0.3, 0.4) is 0 Å². The summed E-state index contributed by atoms with van der Waals surface area (Å²) >= 11 is 1.26. The van der Waals surface area contributed by atoms with Crippen molar-refractivity contribution in [1.29, 1.82) is 0 Å². The van der Waals surface area contributed by atoms with Crippen molar-refractivity contribution in [2.45, 2.75) is 43.1 Å². The van der Waals surface area contributed by atoms with Crippen molar-refractivity contribution in [2.24, 2.45) is 0 Å². The van der Waals surface area contributed by atoms with Crippen molar-refractivity contribution in [2.75, 3.05) is 13.2 Å². The molecule has 6 nitrogen and oxygen atoms in total. The SMILES string of the molecule is CC(Sc1nc2ccccc2c(=O)n1CCCO)C(=O)NCC(C)c1ccccc1. The van der Waals surface area contributed by atoms with Crippen LogP contribution in [0.1, 0.15) is 31.7 Å². The van der Waals surface area contributed by atoms with E-state index in [1.807, 2.05) is 43.3 Å². The lowest BCUT2D eigenvalue weighted by molar-refractivity contribution is -0.120. The van der Waals surface area contributed by atoms with Gasteiger partial charge in [0.05, 0.1) is 16.2 Å². The van der Waals surface area contributed by atoms with Crippen LogP contribution in [0.4, 0.5) is 0 Å². The molecule has 0 fully saturated rings. The summed E-state index contributed by atoms with van der Waals surface area (Å²) in [5.74, 6) is 0.104. The Morgan fingerprint density at radius 3 is 2.57 bits per heavy atom. The first-order valence-corrected chi connectivity index (χ1v) is 11.0. The lowest BCUT2D eigenvalue weighted by atomic mass is 10.0. The van der Waals surface area contributed by atoms with E-state index in [1.54, 1.807) is 22.8 Å². The zero-order valence-corrected chi connectivity index (χ0v) is 18.1. The summed E-state index contributed by atoms with van der Waals surface area (Å²) in [6.45, 7) is 4.76. The van der Waals surface area contributed by atoms with Crippen molar-refractivity contribution in [3.05, 3.63) is 70.5 Å². The van der Waals surface area contributed by atoms with E-state index in [4.69, 9.17) is 0 Å². The highest BCUT2D eigenvalue weighted by Crippen LogP contribution is 2.23. The Kier molecular flexibility index (Phi) is 7.65. The van der Waals surface area contributed by atoms with Crippen LogP contribution < -0.4 is 10.9 Å². The molecule has 0 aliphatic carbocycles. The van der Waals surface area contributed by atoms with E-state index in [9.17, 15) is 14.7 Å². The molecule has 0 bridgehead atoms. The third-order valence-corrected chi connectivity index (χ3v) is 6.06. The van der Waals surface area contributed by atoms with Gasteiger partial charge in [0.1, 0.15) is 0 Å². The van der Waals surface area contributed by atoms with Gasteiger partial charge in [0.2, 0.25) is 5.91 Å². The van der Waals surface area contributed by atoms with Gasteiger partial charge in [-0.3, -0.25) is 14.2 Å². The smallest absolute Gasteiger partial charge is 0.262 e. The third-order valence-electron chi connectivity index (χ3n) is 4.97. The molecule has 3 aromatic rings. The number of nitrogens with one attached hydrogen (secondary N) is 1. The first-order valence-electron chi connectivity index (χ1n) is 10.1. The number of fused-ring (bicyclic) bond motifs is 1. The summed E-state index contributed by atoms with van der Waals surface area (Å²) in [4.78, 5) is 30.2. The molecule has 0 aliphatic heterocycles. The molecule has 7 heteroatoms. The van der Waals surface area contributed by atoms with Crippen LogP contribution in [0.25, 0.3) is 10.9 Å². The molecule has 158 valence electrons. The van der Waals surface area contributed by atoms with Crippen molar-refractivity contribution in [1.82, 2.24) is 14.9 Å². The number of nitrogens with zero attached hydrogens (tertiary/aromatic N) is 2. The summed E-state index contributed by atoms with van der Waals surface area (Å²) in [6, 6.07) is 17.2. The Bertz CT molecular complexity index is 1050. The number of amides is 1. The highest BCUT2D eigenvalue weighted by atomic mass is 32.2. The maximum atomic E-state index is 12.9. The Balaban J connectivity index is 1.74. The Labute approximate surface area is 180 Å². The zero-order valence-electron chi connectivity index (χ0n) is 17.2. The number of aromatic nitrogens is 2. The Morgan fingerprint density at radius 1 is 1.13 bits per heavy atom. The van der Waals surface area contributed by atoms with Gasteiger partial charge in [0.15, 0.2) is 5.16 Å². The molecule has 1 amide bonds. The van der Waals surface area contributed by atoms with Gasteiger partial charge in [-0.2, -0.15) is 0 Å². The number of aliphatic hydroxyl groups is 1. The Hall–Kier alpha value is -2.64. The molecule has 0 saturated carbocycles. The normalized spacial score (nSPS) is 13.2. The molecular formula is C23H27N3O3S. The van der Waals surface area contributed by atoms with Crippen LogP contribution in [0.15, 0.2) is 64.5 Å². The van der Waals surface area contributed by atoms with Gasteiger partial charge in [-0.05, 0) is 37.0 Å². The Morgan fingerprint density at radius 2 is 1.83 bits per heavy atom. The van der Waals surface area contributed by atoms with E-state index in [0.717, 1.165) is 0 Å². The number of para-hydroxylation sites is 1. The van der Waals surface area contributed by atoms with Crippen molar-refractivity contribution < 1.29 is 9.90 Å². The maximum Gasteiger partial charge on any atom is 0.262 e. The van der Waals surface area contributed by atoms with Crippen molar-refractivity contribution in [3.8, 4) is 0 Å². The van der Waals surface area contributed by atoms with Crippen LogP contribution in [0.5, 0.6) is 0 Å². The molecule has 3 rings (SSSR count). The van der Waals surface area contributed by atoms with Gasteiger partial charge >= 0.3 is 0 Å². The predicted octanol–water partition coefficient (Wildman–Crippen LogP) is 3.18. The molecular weight excluding hydrogens is 398 g/mol. The first kappa shape index (κ1) is 22.1. The number of benzene rings is 2. The second-order valence-electron chi connectivity index (χ2n) is 7.26. The number of carbonyl (C=O) groups excluding carboxylic acids is 1. The lowest BCUT2D eigenvalue weighted by Crippen LogP contribution is -2.34. The molecule has 1 aromatic heterocycles. The average molecular weight is 426 g/mol. The fourth-order valence-electron chi connectivity index (χ4n) is 3.17. The number of aliphatic hydroxyl groups excluding tert-OH is 1. The summed E-state index contributed by atoms with van der Waals surface area (Å²) in [5, 5.41) is 12.8. The number of rotatable bonds is 9. The van der Waals surface area contributed by atoms with Gasteiger partial charge in [-0.1, -0.05) is 61.2 Å². The highest BCUT2D eigenvalue weighted by molar-refractivity contribution is 8.00. The summed E-state index contributed by atoms with van der Waals surface area (Å²) in [7, 11) is 0.